The zero-order valence-corrected chi connectivity index (χ0v) is 6.64. The first-order valence-electron chi connectivity index (χ1n) is 4.19. The molecule has 10 heavy (non-hydrogen) atoms. The summed E-state index contributed by atoms with van der Waals surface area (Å²) in [5.41, 5.74) is 0. The lowest BCUT2D eigenvalue weighted by Gasteiger charge is -2.16. The van der Waals surface area contributed by atoms with Crippen LogP contribution in [-0.4, -0.2) is 24.3 Å². The van der Waals surface area contributed by atoms with Gasteiger partial charge in [-0.25, -0.2) is 0 Å². The molecule has 0 aromatic carbocycles. The van der Waals surface area contributed by atoms with Crippen molar-refractivity contribution in [1.29, 1.82) is 0 Å². The van der Waals surface area contributed by atoms with E-state index >= 15 is 0 Å². The van der Waals surface area contributed by atoms with E-state index in [9.17, 15) is 5.11 Å². The maximum atomic E-state index is 9.26. The summed E-state index contributed by atoms with van der Waals surface area (Å²) in [5.74, 6) is 0.488. The largest absolute Gasteiger partial charge is 0.393 e. The fourth-order valence-electron chi connectivity index (χ4n) is 1.46. The fourth-order valence-corrected chi connectivity index (χ4v) is 1.46. The predicted molar refractivity (Wildman–Crippen MR) is 41.9 cm³/mol. The van der Waals surface area contributed by atoms with Crippen LogP contribution in [0.25, 0.3) is 0 Å². The Morgan fingerprint density at radius 1 is 1.50 bits per heavy atom. The van der Waals surface area contributed by atoms with Crippen LogP contribution in [0.3, 0.4) is 0 Å². The summed E-state index contributed by atoms with van der Waals surface area (Å²) in [5, 5.41) is 12.6. The van der Waals surface area contributed by atoms with E-state index in [0.717, 1.165) is 13.1 Å². The molecule has 2 nitrogen and oxygen atoms in total. The van der Waals surface area contributed by atoms with Gasteiger partial charge in [-0.2, -0.15) is 0 Å². The van der Waals surface area contributed by atoms with Gasteiger partial charge in [-0.05, 0) is 32.2 Å². The van der Waals surface area contributed by atoms with Crippen molar-refractivity contribution in [3.63, 3.8) is 0 Å². The molecule has 0 radical (unpaired) electrons. The van der Waals surface area contributed by atoms with E-state index in [1.165, 1.54) is 19.3 Å². The van der Waals surface area contributed by atoms with Crippen molar-refractivity contribution in [2.75, 3.05) is 13.1 Å². The SMILES string of the molecule is CC(O)C1CCCCNC1. The molecule has 0 bridgehead atoms. The van der Waals surface area contributed by atoms with Crippen molar-refractivity contribution in [3.8, 4) is 0 Å². The van der Waals surface area contributed by atoms with Crippen molar-refractivity contribution in [3.05, 3.63) is 0 Å². The van der Waals surface area contributed by atoms with Crippen molar-refractivity contribution < 1.29 is 5.11 Å². The molecule has 2 unspecified atom stereocenters. The first kappa shape index (κ1) is 8.02. The van der Waals surface area contributed by atoms with Gasteiger partial charge in [0.15, 0.2) is 0 Å². The monoisotopic (exact) mass is 143 g/mol. The summed E-state index contributed by atoms with van der Waals surface area (Å²) in [6.45, 7) is 4.01. The summed E-state index contributed by atoms with van der Waals surface area (Å²) in [7, 11) is 0. The first-order chi connectivity index (χ1) is 4.80. The van der Waals surface area contributed by atoms with Crippen LogP contribution in [-0.2, 0) is 0 Å². The van der Waals surface area contributed by atoms with Gasteiger partial charge in [0.05, 0.1) is 6.10 Å². The quantitative estimate of drug-likeness (QED) is 0.568. The number of nitrogens with one attached hydrogen (secondary N) is 1. The molecule has 0 amide bonds. The second-order valence-corrected chi connectivity index (χ2v) is 3.20. The van der Waals surface area contributed by atoms with Gasteiger partial charge >= 0.3 is 0 Å². The molecule has 0 aromatic heterocycles. The van der Waals surface area contributed by atoms with Gasteiger partial charge < -0.3 is 10.4 Å². The predicted octanol–water partition coefficient (Wildman–Crippen LogP) is 0.757. The smallest absolute Gasteiger partial charge is 0.0552 e. The molecule has 1 saturated heterocycles. The standard InChI is InChI=1S/C8H17NO/c1-7(10)8-4-2-3-5-9-6-8/h7-10H,2-6H2,1H3. The van der Waals surface area contributed by atoms with Gasteiger partial charge in [0.2, 0.25) is 0 Å². The van der Waals surface area contributed by atoms with Crippen LogP contribution < -0.4 is 5.32 Å². The van der Waals surface area contributed by atoms with Gasteiger partial charge in [0, 0.05) is 6.54 Å². The summed E-state index contributed by atoms with van der Waals surface area (Å²) >= 11 is 0. The van der Waals surface area contributed by atoms with Crippen LogP contribution in [0.1, 0.15) is 26.2 Å². The van der Waals surface area contributed by atoms with E-state index in [-0.39, 0.29) is 6.10 Å². The molecule has 0 saturated carbocycles. The molecule has 0 aliphatic carbocycles. The van der Waals surface area contributed by atoms with Crippen LogP contribution in [0, 0.1) is 5.92 Å². The van der Waals surface area contributed by atoms with Crippen LogP contribution in [0.4, 0.5) is 0 Å². The maximum absolute atomic E-state index is 9.26. The van der Waals surface area contributed by atoms with Crippen LogP contribution in [0.2, 0.25) is 0 Å². The minimum atomic E-state index is -0.134. The summed E-state index contributed by atoms with van der Waals surface area (Å²) in [4.78, 5) is 0. The summed E-state index contributed by atoms with van der Waals surface area (Å²) in [6, 6.07) is 0. The van der Waals surface area contributed by atoms with Crippen LogP contribution in [0.5, 0.6) is 0 Å². The molecule has 2 N–H and O–H groups in total. The molecule has 1 fully saturated rings. The number of aliphatic hydroxyl groups excluding tert-OH is 1. The molecular weight excluding hydrogens is 126 g/mol. The number of hydrogen-bond acceptors (Lipinski definition) is 2. The molecule has 1 heterocycles. The van der Waals surface area contributed by atoms with E-state index in [0.29, 0.717) is 5.92 Å². The van der Waals surface area contributed by atoms with Gasteiger partial charge in [0.25, 0.3) is 0 Å². The van der Waals surface area contributed by atoms with E-state index in [2.05, 4.69) is 5.32 Å². The van der Waals surface area contributed by atoms with Gasteiger partial charge in [0.1, 0.15) is 0 Å². The van der Waals surface area contributed by atoms with Gasteiger partial charge in [-0.1, -0.05) is 6.42 Å². The van der Waals surface area contributed by atoms with E-state index in [1.807, 2.05) is 6.92 Å². The number of hydrogen-bond donors (Lipinski definition) is 2. The Kier molecular flexibility index (Phi) is 3.16. The Morgan fingerprint density at radius 2 is 2.30 bits per heavy atom. The third-order valence-electron chi connectivity index (χ3n) is 2.27. The molecule has 0 spiro atoms. The van der Waals surface area contributed by atoms with Gasteiger partial charge in [-0.3, -0.25) is 0 Å². The highest BCUT2D eigenvalue weighted by Crippen LogP contribution is 2.14. The average Bonchev–Trinajstić information content (AvgIpc) is 2.12. The molecule has 2 heteroatoms. The zero-order valence-electron chi connectivity index (χ0n) is 6.64. The average molecular weight is 143 g/mol. The molecule has 60 valence electrons. The van der Waals surface area contributed by atoms with Gasteiger partial charge in [-0.15, -0.1) is 0 Å². The highest BCUT2D eigenvalue weighted by molar-refractivity contribution is 4.70. The lowest BCUT2D eigenvalue weighted by atomic mass is 9.98. The Labute approximate surface area is 62.6 Å². The Balaban J connectivity index is 2.28. The number of aliphatic hydroxyl groups is 1. The summed E-state index contributed by atoms with van der Waals surface area (Å²) in [6.07, 6.45) is 3.58. The van der Waals surface area contributed by atoms with E-state index in [4.69, 9.17) is 0 Å². The minimum Gasteiger partial charge on any atom is -0.393 e. The van der Waals surface area contributed by atoms with Crippen molar-refractivity contribution in [1.82, 2.24) is 5.32 Å². The molecule has 2 atom stereocenters. The lowest BCUT2D eigenvalue weighted by Crippen LogP contribution is -2.27. The van der Waals surface area contributed by atoms with Crippen LogP contribution in [0.15, 0.2) is 0 Å². The second-order valence-electron chi connectivity index (χ2n) is 3.20. The summed E-state index contributed by atoms with van der Waals surface area (Å²) < 4.78 is 0. The second kappa shape index (κ2) is 3.94. The van der Waals surface area contributed by atoms with Crippen molar-refractivity contribution in [2.45, 2.75) is 32.3 Å². The Morgan fingerprint density at radius 3 is 3.00 bits per heavy atom. The molecule has 1 aliphatic rings. The topological polar surface area (TPSA) is 32.3 Å². The minimum absolute atomic E-state index is 0.134. The van der Waals surface area contributed by atoms with Crippen molar-refractivity contribution in [2.24, 2.45) is 5.92 Å². The Bertz CT molecular complexity index is 85.3. The lowest BCUT2D eigenvalue weighted by molar-refractivity contribution is 0.122. The third-order valence-corrected chi connectivity index (χ3v) is 2.27. The van der Waals surface area contributed by atoms with Crippen molar-refractivity contribution >= 4 is 0 Å². The number of rotatable bonds is 1. The van der Waals surface area contributed by atoms with Crippen LogP contribution >= 0.6 is 0 Å². The zero-order chi connectivity index (χ0) is 7.40. The molecule has 1 aliphatic heterocycles. The highest BCUT2D eigenvalue weighted by atomic mass is 16.3. The van der Waals surface area contributed by atoms with E-state index in [1.54, 1.807) is 0 Å². The first-order valence-corrected chi connectivity index (χ1v) is 4.19. The molecular formula is C8H17NO. The molecule has 0 aromatic rings. The third kappa shape index (κ3) is 2.27. The van der Waals surface area contributed by atoms with E-state index < -0.39 is 0 Å². The highest BCUT2D eigenvalue weighted by Gasteiger charge is 2.15. The fraction of sp³-hybridized carbons (Fsp3) is 1.00. The maximum Gasteiger partial charge on any atom is 0.0552 e. The normalized spacial score (nSPS) is 31.2. The Hall–Kier alpha value is -0.0800. The molecule has 1 rings (SSSR count).